The highest BCUT2D eigenvalue weighted by molar-refractivity contribution is 7.91. The van der Waals surface area contributed by atoms with Crippen molar-refractivity contribution in [2.45, 2.75) is 32.9 Å². The summed E-state index contributed by atoms with van der Waals surface area (Å²) in [6.07, 6.45) is 0. The highest BCUT2D eigenvalue weighted by Crippen LogP contribution is 2.19. The van der Waals surface area contributed by atoms with E-state index in [2.05, 4.69) is 5.43 Å². The van der Waals surface area contributed by atoms with E-state index in [9.17, 15) is 13.2 Å². The van der Waals surface area contributed by atoms with Gasteiger partial charge < -0.3 is 0 Å². The lowest BCUT2D eigenvalue weighted by Crippen LogP contribution is -2.59. The molecule has 0 bridgehead atoms. The van der Waals surface area contributed by atoms with E-state index in [0.29, 0.717) is 6.54 Å². The van der Waals surface area contributed by atoms with Crippen molar-refractivity contribution in [1.82, 2.24) is 10.3 Å². The van der Waals surface area contributed by atoms with Gasteiger partial charge in [0.25, 0.3) is 5.91 Å². The first-order valence-electron chi connectivity index (χ1n) is 5.75. The maximum atomic E-state index is 11.7. The number of rotatable bonds is 3. The van der Waals surface area contributed by atoms with Crippen LogP contribution in [-0.2, 0) is 14.6 Å². The number of carbonyl (C=O) groups excluding carboxylic acids is 1. The summed E-state index contributed by atoms with van der Waals surface area (Å²) < 4.78 is 23.0. The number of sulfone groups is 1. The van der Waals surface area contributed by atoms with Crippen molar-refractivity contribution in [1.29, 1.82) is 0 Å². The van der Waals surface area contributed by atoms with E-state index in [1.165, 1.54) is 0 Å². The van der Waals surface area contributed by atoms with Crippen LogP contribution in [0.15, 0.2) is 0 Å². The van der Waals surface area contributed by atoms with Crippen LogP contribution in [0.3, 0.4) is 0 Å². The monoisotopic (exact) mass is 263 g/mol. The third-order valence-electron chi connectivity index (χ3n) is 3.12. The smallest absolute Gasteiger partial charge is 0.251 e. The van der Waals surface area contributed by atoms with E-state index >= 15 is 0 Å². The maximum absolute atomic E-state index is 11.7. The molecule has 0 saturated carbocycles. The molecular formula is C10H21N3O3S. The highest BCUT2D eigenvalue weighted by atomic mass is 32.2. The predicted octanol–water partition coefficient (Wildman–Crippen LogP) is -0.880. The average molecular weight is 263 g/mol. The molecule has 1 saturated heterocycles. The van der Waals surface area contributed by atoms with Gasteiger partial charge >= 0.3 is 0 Å². The zero-order valence-corrected chi connectivity index (χ0v) is 11.3. The lowest BCUT2D eigenvalue weighted by atomic mass is 10.0. The first-order chi connectivity index (χ1) is 7.78. The Bertz CT molecular complexity index is 380. The van der Waals surface area contributed by atoms with Crippen LogP contribution < -0.4 is 11.3 Å². The Labute approximate surface area is 102 Å². The van der Waals surface area contributed by atoms with Crippen molar-refractivity contribution in [3.8, 4) is 0 Å². The van der Waals surface area contributed by atoms with Crippen molar-refractivity contribution in [2.75, 3.05) is 18.1 Å². The number of carbonyl (C=O) groups is 1. The lowest BCUT2D eigenvalue weighted by molar-refractivity contribution is -0.129. The van der Waals surface area contributed by atoms with Gasteiger partial charge in [-0.3, -0.25) is 15.1 Å². The minimum Gasteiger partial charge on any atom is -0.293 e. The molecule has 0 aromatic carbocycles. The summed E-state index contributed by atoms with van der Waals surface area (Å²) in [5, 5.41) is 0. The van der Waals surface area contributed by atoms with Gasteiger partial charge in [-0.1, -0.05) is 13.8 Å². The van der Waals surface area contributed by atoms with Gasteiger partial charge in [-0.05, 0) is 12.8 Å². The molecule has 1 amide bonds. The molecule has 3 N–H and O–H groups in total. The Hall–Kier alpha value is -0.660. The highest BCUT2D eigenvalue weighted by Gasteiger charge is 2.37. The molecule has 0 spiro atoms. The standard InChI is InChI=1S/C10H21N3O3S/c1-7(2)9(10(14)12-11)13-4-5-17(15,16)6-8(13)3/h7-9H,4-6,11H2,1-3H3,(H,12,14). The SMILES string of the molecule is CC(C)C(C(=O)NN)N1CCS(=O)(=O)CC1C. The molecule has 1 aliphatic rings. The average Bonchev–Trinajstić information content (AvgIpc) is 2.20. The van der Waals surface area contributed by atoms with Crippen LogP contribution in [0.5, 0.6) is 0 Å². The van der Waals surface area contributed by atoms with Gasteiger partial charge in [0.1, 0.15) is 0 Å². The normalized spacial score (nSPS) is 26.8. The Morgan fingerprint density at radius 2 is 2.06 bits per heavy atom. The molecular weight excluding hydrogens is 242 g/mol. The van der Waals surface area contributed by atoms with Crippen LogP contribution >= 0.6 is 0 Å². The van der Waals surface area contributed by atoms with Gasteiger partial charge in [0.2, 0.25) is 0 Å². The fraction of sp³-hybridized carbons (Fsp3) is 0.900. The fourth-order valence-corrected chi connectivity index (χ4v) is 3.93. The summed E-state index contributed by atoms with van der Waals surface area (Å²) in [6, 6.07) is -0.524. The summed E-state index contributed by atoms with van der Waals surface area (Å²) in [6.45, 7) is 6.07. The van der Waals surface area contributed by atoms with Crippen LogP contribution in [0.25, 0.3) is 0 Å². The largest absolute Gasteiger partial charge is 0.293 e. The van der Waals surface area contributed by atoms with Crippen molar-refractivity contribution in [2.24, 2.45) is 11.8 Å². The van der Waals surface area contributed by atoms with Gasteiger partial charge in [-0.15, -0.1) is 0 Å². The second-order valence-electron chi connectivity index (χ2n) is 4.90. The maximum Gasteiger partial charge on any atom is 0.251 e. The zero-order valence-electron chi connectivity index (χ0n) is 10.5. The molecule has 0 aromatic rings. The first-order valence-corrected chi connectivity index (χ1v) is 7.57. The molecule has 6 nitrogen and oxygen atoms in total. The van der Waals surface area contributed by atoms with Crippen molar-refractivity contribution < 1.29 is 13.2 Å². The molecule has 7 heteroatoms. The molecule has 1 aliphatic heterocycles. The Morgan fingerprint density at radius 1 is 1.47 bits per heavy atom. The van der Waals surface area contributed by atoms with Crippen LogP contribution in [-0.4, -0.2) is 49.4 Å². The molecule has 1 heterocycles. The molecule has 2 unspecified atom stereocenters. The number of amides is 1. The van der Waals surface area contributed by atoms with Crippen LogP contribution in [0.2, 0.25) is 0 Å². The van der Waals surface area contributed by atoms with Crippen LogP contribution in [0.4, 0.5) is 0 Å². The molecule has 1 fully saturated rings. The van der Waals surface area contributed by atoms with Gasteiger partial charge in [0.15, 0.2) is 9.84 Å². The third-order valence-corrected chi connectivity index (χ3v) is 4.92. The van der Waals surface area contributed by atoms with Crippen LogP contribution in [0.1, 0.15) is 20.8 Å². The van der Waals surface area contributed by atoms with Crippen molar-refractivity contribution in [3.05, 3.63) is 0 Å². The number of nitrogens with one attached hydrogen (secondary N) is 1. The van der Waals surface area contributed by atoms with E-state index in [4.69, 9.17) is 5.84 Å². The minimum absolute atomic E-state index is 0.0850. The quantitative estimate of drug-likeness (QED) is 0.392. The first kappa shape index (κ1) is 14.4. The van der Waals surface area contributed by atoms with E-state index in [1.54, 1.807) is 0 Å². The van der Waals surface area contributed by atoms with Gasteiger partial charge in [0, 0.05) is 12.6 Å². The van der Waals surface area contributed by atoms with E-state index in [0.717, 1.165) is 0 Å². The number of hydrogen-bond acceptors (Lipinski definition) is 5. The summed E-state index contributed by atoms with van der Waals surface area (Å²) in [5.74, 6) is 5.21. The zero-order chi connectivity index (χ0) is 13.2. The third kappa shape index (κ3) is 3.40. The lowest BCUT2D eigenvalue weighted by Gasteiger charge is -2.39. The van der Waals surface area contributed by atoms with Gasteiger partial charge in [-0.2, -0.15) is 0 Å². The molecule has 0 aliphatic carbocycles. The van der Waals surface area contributed by atoms with Gasteiger partial charge in [0.05, 0.1) is 17.5 Å². The summed E-state index contributed by atoms with van der Waals surface area (Å²) >= 11 is 0. The molecule has 2 atom stereocenters. The molecule has 0 aromatic heterocycles. The van der Waals surface area contributed by atoms with Crippen LogP contribution in [0, 0.1) is 5.92 Å². The van der Waals surface area contributed by atoms with E-state index < -0.39 is 9.84 Å². The van der Waals surface area contributed by atoms with Crippen molar-refractivity contribution >= 4 is 15.7 Å². The summed E-state index contributed by atoms with van der Waals surface area (Å²) in [4.78, 5) is 13.7. The second kappa shape index (κ2) is 5.32. The molecule has 1 rings (SSSR count). The number of hydrazine groups is 1. The molecule has 0 radical (unpaired) electrons. The minimum atomic E-state index is -2.96. The molecule has 100 valence electrons. The number of nitrogens with two attached hydrogens (primary N) is 1. The van der Waals surface area contributed by atoms with Gasteiger partial charge in [-0.25, -0.2) is 14.3 Å². The van der Waals surface area contributed by atoms with E-state index in [1.807, 2.05) is 25.7 Å². The van der Waals surface area contributed by atoms with Crippen molar-refractivity contribution in [3.63, 3.8) is 0 Å². The topological polar surface area (TPSA) is 92.5 Å². The second-order valence-corrected chi connectivity index (χ2v) is 7.13. The Balaban J connectivity index is 2.87. The predicted molar refractivity (Wildman–Crippen MR) is 65.8 cm³/mol. The summed E-state index contributed by atoms with van der Waals surface area (Å²) in [5.41, 5.74) is 2.15. The molecule has 17 heavy (non-hydrogen) atoms. The van der Waals surface area contributed by atoms with E-state index in [-0.39, 0.29) is 35.4 Å². The Kier molecular flexibility index (Phi) is 4.51. The fourth-order valence-electron chi connectivity index (χ4n) is 2.35. The number of hydrogen-bond donors (Lipinski definition) is 2. The summed E-state index contributed by atoms with van der Waals surface area (Å²) in [7, 11) is -2.96. The Morgan fingerprint density at radius 3 is 2.47 bits per heavy atom. The number of nitrogens with zero attached hydrogens (tertiary/aromatic N) is 1.